The molecule has 0 aromatic carbocycles. The van der Waals surface area contributed by atoms with Gasteiger partial charge in [0.05, 0.1) is 17.8 Å². The fraction of sp³-hybridized carbons (Fsp3) is 1.00. The molecule has 1 aliphatic carbocycles. The van der Waals surface area contributed by atoms with Crippen LogP contribution in [0.3, 0.4) is 0 Å². The van der Waals surface area contributed by atoms with E-state index < -0.39 is 0 Å². The normalized spacial score (nSPS) is 28.9. The molecule has 1 saturated carbocycles. The van der Waals surface area contributed by atoms with Crippen LogP contribution in [-0.2, 0) is 4.74 Å². The van der Waals surface area contributed by atoms with Crippen molar-refractivity contribution in [3.8, 4) is 0 Å². The molecule has 2 aliphatic rings. The third-order valence-corrected chi connectivity index (χ3v) is 4.54. The average Bonchev–Trinajstić information content (AvgIpc) is 2.91. The number of aliphatic hydroxyl groups excluding tert-OH is 1. The molecule has 2 rings (SSSR count). The molecule has 100 valence electrons. The Morgan fingerprint density at radius 1 is 1.24 bits per heavy atom. The van der Waals surface area contributed by atoms with Crippen LogP contribution in [0.5, 0.6) is 0 Å². The van der Waals surface area contributed by atoms with Crippen LogP contribution in [0.1, 0.15) is 77.6 Å². The highest BCUT2D eigenvalue weighted by Crippen LogP contribution is 2.44. The Bertz CT molecular complexity index is 221. The first-order valence-electron chi connectivity index (χ1n) is 7.60. The molecule has 1 N–H and O–H groups in total. The molecular formula is C15H28O2. The maximum absolute atomic E-state index is 9.69. The lowest BCUT2D eigenvalue weighted by molar-refractivity contribution is -0.0403. The Morgan fingerprint density at radius 2 is 2.00 bits per heavy atom. The summed E-state index contributed by atoms with van der Waals surface area (Å²) in [7, 11) is 0. The number of hydrogen-bond donors (Lipinski definition) is 1. The van der Waals surface area contributed by atoms with Gasteiger partial charge in [-0.1, -0.05) is 26.2 Å². The Labute approximate surface area is 106 Å². The quantitative estimate of drug-likeness (QED) is 0.765. The van der Waals surface area contributed by atoms with Crippen molar-refractivity contribution >= 4 is 0 Å². The van der Waals surface area contributed by atoms with E-state index in [4.69, 9.17) is 4.74 Å². The van der Waals surface area contributed by atoms with Crippen LogP contribution in [0.4, 0.5) is 0 Å². The lowest BCUT2D eigenvalue weighted by Crippen LogP contribution is -2.24. The zero-order chi connectivity index (χ0) is 12.1. The molecule has 2 nitrogen and oxygen atoms in total. The van der Waals surface area contributed by atoms with Gasteiger partial charge in [-0.25, -0.2) is 0 Å². The fourth-order valence-electron chi connectivity index (χ4n) is 3.54. The van der Waals surface area contributed by atoms with E-state index in [1.807, 2.05) is 0 Å². The molecule has 0 radical (unpaired) electrons. The lowest BCUT2D eigenvalue weighted by Gasteiger charge is -2.23. The molecule has 1 saturated heterocycles. The summed E-state index contributed by atoms with van der Waals surface area (Å²) in [6.45, 7) is 2.13. The van der Waals surface area contributed by atoms with Crippen LogP contribution in [0.25, 0.3) is 0 Å². The van der Waals surface area contributed by atoms with Gasteiger partial charge >= 0.3 is 0 Å². The minimum atomic E-state index is -0.0816. The van der Waals surface area contributed by atoms with E-state index in [0.717, 1.165) is 32.1 Å². The third kappa shape index (κ3) is 3.69. The molecule has 1 heterocycles. The van der Waals surface area contributed by atoms with E-state index in [1.165, 1.54) is 38.5 Å². The van der Waals surface area contributed by atoms with Crippen molar-refractivity contribution in [3.63, 3.8) is 0 Å². The molecular weight excluding hydrogens is 212 g/mol. The zero-order valence-corrected chi connectivity index (χ0v) is 11.3. The van der Waals surface area contributed by atoms with E-state index >= 15 is 0 Å². The summed E-state index contributed by atoms with van der Waals surface area (Å²) >= 11 is 0. The van der Waals surface area contributed by atoms with Crippen LogP contribution in [0, 0.1) is 0 Å². The van der Waals surface area contributed by atoms with Crippen molar-refractivity contribution in [1.29, 1.82) is 0 Å². The van der Waals surface area contributed by atoms with Gasteiger partial charge in [0.1, 0.15) is 0 Å². The molecule has 0 aromatic rings. The summed E-state index contributed by atoms with van der Waals surface area (Å²) in [6.07, 6.45) is 13.5. The van der Waals surface area contributed by atoms with Crippen LogP contribution in [0.15, 0.2) is 0 Å². The zero-order valence-electron chi connectivity index (χ0n) is 11.3. The highest BCUT2D eigenvalue weighted by Gasteiger charge is 2.41. The third-order valence-electron chi connectivity index (χ3n) is 4.54. The second kappa shape index (κ2) is 6.19. The van der Waals surface area contributed by atoms with Gasteiger partial charge in [-0.3, -0.25) is 0 Å². The lowest BCUT2D eigenvalue weighted by atomic mass is 9.97. The summed E-state index contributed by atoms with van der Waals surface area (Å²) in [6, 6.07) is 0. The van der Waals surface area contributed by atoms with Crippen molar-refractivity contribution in [2.75, 3.05) is 0 Å². The topological polar surface area (TPSA) is 29.5 Å². The van der Waals surface area contributed by atoms with Gasteiger partial charge < -0.3 is 9.84 Å². The predicted octanol–water partition coefficient (Wildman–Crippen LogP) is 3.81. The molecule has 0 aromatic heterocycles. The minimum absolute atomic E-state index is 0.0816. The number of ether oxygens (including phenoxy) is 1. The Balaban J connectivity index is 1.61. The van der Waals surface area contributed by atoms with Gasteiger partial charge in [-0.2, -0.15) is 0 Å². The second-order valence-electron chi connectivity index (χ2n) is 6.04. The van der Waals surface area contributed by atoms with Gasteiger partial charge in [0.15, 0.2) is 0 Å². The Kier molecular flexibility index (Phi) is 4.87. The molecule has 1 spiro atoms. The fourth-order valence-corrected chi connectivity index (χ4v) is 3.54. The Hall–Kier alpha value is -0.0800. The van der Waals surface area contributed by atoms with Crippen LogP contribution >= 0.6 is 0 Å². The first-order valence-corrected chi connectivity index (χ1v) is 7.60. The molecule has 2 unspecified atom stereocenters. The highest BCUT2D eigenvalue weighted by molar-refractivity contribution is 4.92. The van der Waals surface area contributed by atoms with Crippen molar-refractivity contribution in [3.05, 3.63) is 0 Å². The minimum Gasteiger partial charge on any atom is -0.393 e. The van der Waals surface area contributed by atoms with Crippen molar-refractivity contribution in [1.82, 2.24) is 0 Å². The number of hydrogen-bond acceptors (Lipinski definition) is 2. The molecule has 1 aliphatic heterocycles. The molecule has 2 atom stereocenters. The first-order chi connectivity index (χ1) is 8.24. The number of rotatable bonds is 6. The number of aliphatic hydroxyl groups is 1. The van der Waals surface area contributed by atoms with Gasteiger partial charge in [-0.05, 0) is 51.4 Å². The summed E-state index contributed by atoms with van der Waals surface area (Å²) in [5.74, 6) is 0. The van der Waals surface area contributed by atoms with Gasteiger partial charge in [0, 0.05) is 0 Å². The molecule has 0 bridgehead atoms. The SMILES string of the molecule is CCCC(O)CCCC1CCC2(CCCC2)O1. The Morgan fingerprint density at radius 3 is 2.71 bits per heavy atom. The van der Waals surface area contributed by atoms with E-state index in [0.29, 0.717) is 6.10 Å². The van der Waals surface area contributed by atoms with Crippen LogP contribution in [-0.4, -0.2) is 22.9 Å². The van der Waals surface area contributed by atoms with Gasteiger partial charge in [0.2, 0.25) is 0 Å². The second-order valence-corrected chi connectivity index (χ2v) is 6.04. The predicted molar refractivity (Wildman–Crippen MR) is 70.1 cm³/mol. The largest absolute Gasteiger partial charge is 0.393 e. The van der Waals surface area contributed by atoms with Gasteiger partial charge in [0.25, 0.3) is 0 Å². The maximum Gasteiger partial charge on any atom is 0.0687 e. The molecule has 2 fully saturated rings. The highest BCUT2D eigenvalue weighted by atomic mass is 16.5. The van der Waals surface area contributed by atoms with Crippen LogP contribution in [0.2, 0.25) is 0 Å². The summed E-state index contributed by atoms with van der Waals surface area (Å²) in [5, 5.41) is 9.69. The average molecular weight is 240 g/mol. The van der Waals surface area contributed by atoms with E-state index in [-0.39, 0.29) is 11.7 Å². The van der Waals surface area contributed by atoms with E-state index in [9.17, 15) is 5.11 Å². The van der Waals surface area contributed by atoms with E-state index in [1.54, 1.807) is 0 Å². The summed E-state index contributed by atoms with van der Waals surface area (Å²) in [4.78, 5) is 0. The van der Waals surface area contributed by atoms with Crippen molar-refractivity contribution in [2.45, 2.75) is 95.4 Å². The molecule has 17 heavy (non-hydrogen) atoms. The monoisotopic (exact) mass is 240 g/mol. The molecule has 2 heteroatoms. The maximum atomic E-state index is 9.69. The van der Waals surface area contributed by atoms with E-state index in [2.05, 4.69) is 6.92 Å². The first kappa shape index (κ1) is 13.4. The van der Waals surface area contributed by atoms with Crippen LogP contribution < -0.4 is 0 Å². The molecule has 0 amide bonds. The summed E-state index contributed by atoms with van der Waals surface area (Å²) in [5.41, 5.74) is 0.284. The van der Waals surface area contributed by atoms with Gasteiger partial charge in [-0.15, -0.1) is 0 Å². The summed E-state index contributed by atoms with van der Waals surface area (Å²) < 4.78 is 6.27. The smallest absolute Gasteiger partial charge is 0.0687 e. The standard InChI is InChI=1S/C15H28O2/c1-2-6-13(16)7-5-8-14-9-12-15(17-14)10-3-4-11-15/h13-14,16H,2-12H2,1H3. The van der Waals surface area contributed by atoms with Crippen molar-refractivity contribution in [2.24, 2.45) is 0 Å². The van der Waals surface area contributed by atoms with Crippen molar-refractivity contribution < 1.29 is 9.84 Å².